The monoisotopic (exact) mass is 535 g/mol. The third-order valence-electron chi connectivity index (χ3n) is 5.14. The van der Waals surface area contributed by atoms with Gasteiger partial charge in [-0.25, -0.2) is 0 Å². The van der Waals surface area contributed by atoms with Crippen LogP contribution in [-0.2, 0) is 23.6 Å². The van der Waals surface area contributed by atoms with Crippen molar-refractivity contribution in [3.63, 3.8) is 0 Å². The molecule has 4 rings (SSSR count). The number of aliphatic imine (C=N–C) groups is 1. The Morgan fingerprint density at radius 2 is 1.56 bits per heavy atom. The summed E-state index contributed by atoms with van der Waals surface area (Å²) in [4.78, 5) is 8.72. The van der Waals surface area contributed by atoms with Crippen molar-refractivity contribution in [1.29, 1.82) is 0 Å². The van der Waals surface area contributed by atoms with Crippen LogP contribution in [0.4, 0.5) is 0 Å². The van der Waals surface area contributed by atoms with Crippen LogP contribution in [0.15, 0.2) is 138 Å². The average molecular weight is 535 g/mol. The Bertz CT molecular complexity index is 1150. The van der Waals surface area contributed by atoms with Crippen molar-refractivity contribution < 1.29 is 17.1 Å². The molecule has 0 bridgehead atoms. The van der Waals surface area contributed by atoms with E-state index in [1.165, 1.54) is 10.6 Å². The normalized spacial score (nSPS) is 13.9. The molecule has 184 valence electrons. The minimum atomic E-state index is -0.545. The summed E-state index contributed by atoms with van der Waals surface area (Å²) in [6.45, 7) is 6.83. The number of hydrogen-bond acceptors (Lipinski definition) is 2. The second kappa shape index (κ2) is 16.4. The second-order valence-corrected chi connectivity index (χ2v) is 10.3. The molecule has 0 unspecified atom stereocenters. The molecule has 0 N–H and O–H groups in total. The first-order valence-electron chi connectivity index (χ1n) is 11.6. The summed E-state index contributed by atoms with van der Waals surface area (Å²) in [5.41, 5.74) is 3.62. The first-order valence-corrected chi connectivity index (χ1v) is 13.6. The van der Waals surface area contributed by atoms with Gasteiger partial charge in [0.25, 0.3) is 0 Å². The zero-order valence-electron chi connectivity index (χ0n) is 20.9. The molecule has 2 aromatic carbocycles. The predicted molar refractivity (Wildman–Crippen MR) is 154 cm³/mol. The summed E-state index contributed by atoms with van der Waals surface area (Å²) in [5, 5.41) is 11.5. The van der Waals surface area contributed by atoms with E-state index in [0.717, 1.165) is 22.8 Å². The molecule has 0 radical (unpaired) electrons. The summed E-state index contributed by atoms with van der Waals surface area (Å²) in [6.07, 6.45) is 13.0. The molecular formula is C30H32FeN4P+. The molecule has 0 amide bonds. The fourth-order valence-electron chi connectivity index (χ4n) is 3.25. The van der Waals surface area contributed by atoms with Crippen molar-refractivity contribution in [3.8, 4) is 0 Å². The third-order valence-corrected chi connectivity index (χ3v) is 7.53. The molecule has 0 saturated carbocycles. The van der Waals surface area contributed by atoms with Crippen molar-refractivity contribution in [2.45, 2.75) is 20.4 Å². The second-order valence-electron chi connectivity index (χ2n) is 7.93. The fourth-order valence-corrected chi connectivity index (χ4v) is 4.96. The van der Waals surface area contributed by atoms with Crippen LogP contribution in [0.5, 0.6) is 0 Å². The molecule has 1 aromatic heterocycles. The van der Waals surface area contributed by atoms with E-state index in [1.54, 1.807) is 18.6 Å². The maximum atomic E-state index is 4.48. The Hall–Kier alpha value is -3.23. The van der Waals surface area contributed by atoms with Crippen molar-refractivity contribution >= 4 is 24.2 Å². The standard InChI is InChI=1S/C17H18N4.C13H13P.Fe/c1-14(20-12-16-7-3-5-9-18-16)11-15(2)21-13-17-8-4-6-10-19-17;1-14(12-8-4-2-5-9-12)13-10-6-3-7-11-13;/h3-12H,13H2,1-2H3;2-11H,1H3;/q-2;;+2/p+1/b14-11-,16-12-,21-15?;;. The zero-order chi connectivity index (χ0) is 24.7. The summed E-state index contributed by atoms with van der Waals surface area (Å²) in [5.74, 6) is 0. The quantitative estimate of drug-likeness (QED) is 0.181. The van der Waals surface area contributed by atoms with E-state index in [1.807, 2.05) is 56.4 Å². The smallest absolute Gasteiger partial charge is 0.669 e. The summed E-state index contributed by atoms with van der Waals surface area (Å²) < 4.78 is 0. The SMILES string of the molecule is CC(/C=C(/C)[N-]/C=C1/C=CC=C[N-]1)=NCc1ccccn1.C[PH+](c1ccccc1)c1ccccc1.[Fe+2]. The van der Waals surface area contributed by atoms with Crippen LogP contribution < -0.4 is 10.6 Å². The number of aromatic nitrogens is 1. The molecule has 0 fully saturated rings. The Kier molecular flexibility index (Phi) is 13.2. The van der Waals surface area contributed by atoms with Gasteiger partial charge in [0.05, 0.1) is 37.4 Å². The van der Waals surface area contributed by atoms with Crippen LogP contribution in [-0.4, -0.2) is 17.4 Å². The molecule has 0 saturated heterocycles. The van der Waals surface area contributed by atoms with Gasteiger partial charge in [0, 0.05) is 11.9 Å². The Morgan fingerprint density at radius 1 is 0.917 bits per heavy atom. The first-order chi connectivity index (χ1) is 17.1. The molecule has 0 atom stereocenters. The van der Waals surface area contributed by atoms with Crippen molar-refractivity contribution in [1.82, 2.24) is 4.98 Å². The van der Waals surface area contributed by atoms with E-state index >= 15 is 0 Å². The van der Waals surface area contributed by atoms with Gasteiger partial charge in [-0.15, -0.1) is 0 Å². The van der Waals surface area contributed by atoms with Crippen molar-refractivity contribution in [2.75, 3.05) is 6.66 Å². The molecule has 6 heteroatoms. The Labute approximate surface area is 227 Å². The molecular weight excluding hydrogens is 503 g/mol. The van der Waals surface area contributed by atoms with Crippen LogP contribution in [0.2, 0.25) is 0 Å². The zero-order valence-corrected chi connectivity index (χ0v) is 23.0. The van der Waals surface area contributed by atoms with Gasteiger partial charge in [-0.1, -0.05) is 73.7 Å². The summed E-state index contributed by atoms with van der Waals surface area (Å²) >= 11 is 0. The molecule has 1 aliphatic heterocycles. The van der Waals surface area contributed by atoms with Gasteiger partial charge in [-0.05, 0) is 43.3 Å². The van der Waals surface area contributed by atoms with Gasteiger partial charge in [-0.2, -0.15) is 23.8 Å². The first kappa shape index (κ1) is 29.0. The van der Waals surface area contributed by atoms with Gasteiger partial charge < -0.3 is 10.6 Å². The number of rotatable bonds is 7. The maximum Gasteiger partial charge on any atom is 2.00 e. The van der Waals surface area contributed by atoms with Crippen LogP contribution in [0.3, 0.4) is 0 Å². The third kappa shape index (κ3) is 10.6. The average Bonchev–Trinajstić information content (AvgIpc) is 2.93. The Morgan fingerprint density at radius 3 is 2.11 bits per heavy atom. The minimum Gasteiger partial charge on any atom is -0.669 e. The van der Waals surface area contributed by atoms with Crippen LogP contribution >= 0.6 is 7.92 Å². The van der Waals surface area contributed by atoms with Gasteiger partial charge in [0.15, 0.2) is 0 Å². The van der Waals surface area contributed by atoms with Crippen LogP contribution in [0, 0.1) is 0 Å². The van der Waals surface area contributed by atoms with Gasteiger partial charge >= 0.3 is 17.1 Å². The number of hydrogen-bond donors (Lipinski definition) is 0. The van der Waals surface area contributed by atoms with Gasteiger partial charge in [0.2, 0.25) is 0 Å². The number of benzene rings is 2. The van der Waals surface area contributed by atoms with Gasteiger partial charge in [-0.3, -0.25) is 9.98 Å². The maximum absolute atomic E-state index is 4.48. The molecule has 1 aliphatic rings. The van der Waals surface area contributed by atoms with Crippen molar-refractivity contribution in [3.05, 3.63) is 149 Å². The van der Waals surface area contributed by atoms with E-state index in [4.69, 9.17) is 0 Å². The van der Waals surface area contributed by atoms with Crippen LogP contribution in [0.1, 0.15) is 19.5 Å². The van der Waals surface area contributed by atoms with E-state index in [2.05, 4.69) is 87.9 Å². The largest absolute Gasteiger partial charge is 2.00 e. The number of allylic oxidation sites excluding steroid dienone is 5. The molecule has 2 heterocycles. The van der Waals surface area contributed by atoms with E-state index in [-0.39, 0.29) is 17.1 Å². The number of pyridine rings is 1. The van der Waals surface area contributed by atoms with Crippen LogP contribution in [0.25, 0.3) is 10.6 Å². The van der Waals surface area contributed by atoms with Gasteiger partial charge in [0.1, 0.15) is 0 Å². The predicted octanol–water partition coefficient (Wildman–Crippen LogP) is 7.10. The molecule has 36 heavy (non-hydrogen) atoms. The summed E-state index contributed by atoms with van der Waals surface area (Å²) in [6, 6.07) is 27.3. The van der Waals surface area contributed by atoms with E-state index in [9.17, 15) is 0 Å². The fraction of sp³-hybridized carbons (Fsp3) is 0.133. The summed E-state index contributed by atoms with van der Waals surface area (Å²) in [7, 11) is -0.545. The topological polar surface area (TPSA) is 53.5 Å². The van der Waals surface area contributed by atoms with Crippen molar-refractivity contribution in [2.24, 2.45) is 4.99 Å². The van der Waals surface area contributed by atoms with E-state index in [0.29, 0.717) is 6.54 Å². The minimum absolute atomic E-state index is 0. The Balaban J connectivity index is 0.000000265. The number of nitrogens with zero attached hydrogens (tertiary/aromatic N) is 4. The molecule has 4 nitrogen and oxygen atoms in total. The molecule has 0 spiro atoms. The molecule has 0 aliphatic carbocycles. The van der Waals surface area contributed by atoms with E-state index < -0.39 is 7.92 Å². The molecule has 3 aromatic rings.